The lowest BCUT2D eigenvalue weighted by molar-refractivity contribution is 0.0694. The van der Waals surface area contributed by atoms with Gasteiger partial charge in [-0.2, -0.15) is 0 Å². The van der Waals surface area contributed by atoms with Crippen molar-refractivity contribution in [2.45, 2.75) is 19.5 Å². The number of carboxylic acids is 1. The molecule has 0 spiro atoms. The molecule has 2 N–H and O–H groups in total. The number of carbonyl (C=O) groups is 1. The van der Waals surface area contributed by atoms with Gasteiger partial charge in [0.2, 0.25) is 0 Å². The van der Waals surface area contributed by atoms with Gasteiger partial charge in [-0.1, -0.05) is 5.21 Å². The number of aryl methyl sites for hydroxylation is 1. The highest BCUT2D eigenvalue weighted by Gasteiger charge is 2.10. The molecule has 0 fully saturated rings. The molecule has 0 aliphatic heterocycles. The van der Waals surface area contributed by atoms with Gasteiger partial charge in [-0.3, -0.25) is 4.68 Å². The second-order valence-corrected chi connectivity index (χ2v) is 3.88. The molecular formula is C11H14N6O2. The van der Waals surface area contributed by atoms with Gasteiger partial charge in [-0.25, -0.2) is 14.8 Å². The zero-order chi connectivity index (χ0) is 13.5. The third kappa shape index (κ3) is 3.81. The van der Waals surface area contributed by atoms with Crippen LogP contribution in [0.1, 0.15) is 22.5 Å². The summed E-state index contributed by atoms with van der Waals surface area (Å²) in [6.07, 6.45) is 6.96. The van der Waals surface area contributed by atoms with Crippen molar-refractivity contribution in [3.05, 3.63) is 36.2 Å². The van der Waals surface area contributed by atoms with Crippen molar-refractivity contribution >= 4 is 5.97 Å². The molecule has 8 nitrogen and oxygen atoms in total. The number of nitrogens with one attached hydrogen (secondary N) is 1. The maximum absolute atomic E-state index is 10.9. The Balaban J connectivity index is 1.75. The summed E-state index contributed by atoms with van der Waals surface area (Å²) in [6, 6.07) is 0. The molecule has 0 unspecified atom stereocenters. The highest BCUT2D eigenvalue weighted by atomic mass is 16.4. The fourth-order valence-corrected chi connectivity index (χ4v) is 1.60. The molecule has 2 aromatic rings. The molecule has 8 heteroatoms. The predicted molar refractivity (Wildman–Crippen MR) is 65.3 cm³/mol. The second kappa shape index (κ2) is 6.55. The minimum Gasteiger partial charge on any atom is -0.478 e. The van der Waals surface area contributed by atoms with E-state index in [2.05, 4.69) is 25.6 Å². The molecule has 2 aromatic heterocycles. The summed E-state index contributed by atoms with van der Waals surface area (Å²) in [5.41, 5.74) is 0.620. The molecule has 0 aliphatic rings. The van der Waals surface area contributed by atoms with E-state index >= 15 is 0 Å². The van der Waals surface area contributed by atoms with Crippen molar-refractivity contribution in [2.24, 2.45) is 0 Å². The van der Waals surface area contributed by atoms with E-state index in [1.807, 2.05) is 0 Å². The van der Waals surface area contributed by atoms with Gasteiger partial charge < -0.3 is 10.4 Å². The summed E-state index contributed by atoms with van der Waals surface area (Å²) in [6.45, 7) is 1.91. The SMILES string of the molecule is O=C(O)c1cncnc1CNCCCn1ccnn1. The van der Waals surface area contributed by atoms with E-state index in [-0.39, 0.29) is 5.56 Å². The monoisotopic (exact) mass is 262 g/mol. The van der Waals surface area contributed by atoms with Crippen molar-refractivity contribution in [1.29, 1.82) is 0 Å². The van der Waals surface area contributed by atoms with E-state index in [1.54, 1.807) is 17.1 Å². The smallest absolute Gasteiger partial charge is 0.339 e. The van der Waals surface area contributed by atoms with Crippen LogP contribution in [0.15, 0.2) is 24.9 Å². The first-order valence-electron chi connectivity index (χ1n) is 5.84. The minimum atomic E-state index is -1.01. The summed E-state index contributed by atoms with van der Waals surface area (Å²) < 4.78 is 1.75. The first-order valence-corrected chi connectivity index (χ1v) is 5.84. The molecular weight excluding hydrogens is 248 g/mol. The normalized spacial score (nSPS) is 10.5. The van der Waals surface area contributed by atoms with E-state index in [4.69, 9.17) is 5.11 Å². The number of carboxylic acid groups (broad SMARTS) is 1. The number of aromatic carboxylic acids is 1. The van der Waals surface area contributed by atoms with Crippen molar-refractivity contribution in [3.8, 4) is 0 Å². The van der Waals surface area contributed by atoms with E-state index in [1.165, 1.54) is 12.5 Å². The van der Waals surface area contributed by atoms with Crippen LogP contribution >= 0.6 is 0 Å². The Labute approximate surface area is 109 Å². The van der Waals surface area contributed by atoms with Crippen molar-refractivity contribution in [3.63, 3.8) is 0 Å². The van der Waals surface area contributed by atoms with Gasteiger partial charge in [0.1, 0.15) is 11.9 Å². The summed E-state index contributed by atoms with van der Waals surface area (Å²) in [5, 5.41) is 19.7. The van der Waals surface area contributed by atoms with Crippen LogP contribution in [-0.4, -0.2) is 42.6 Å². The largest absolute Gasteiger partial charge is 0.478 e. The van der Waals surface area contributed by atoms with Gasteiger partial charge in [0.25, 0.3) is 0 Å². The van der Waals surface area contributed by atoms with Gasteiger partial charge >= 0.3 is 5.97 Å². The van der Waals surface area contributed by atoms with Crippen LogP contribution < -0.4 is 5.32 Å². The first kappa shape index (κ1) is 13.1. The molecule has 0 aliphatic carbocycles. The van der Waals surface area contributed by atoms with Crippen molar-refractivity contribution in [2.75, 3.05) is 6.54 Å². The molecule has 0 atom stereocenters. The Morgan fingerprint density at radius 1 is 1.47 bits per heavy atom. The molecule has 0 radical (unpaired) electrons. The maximum Gasteiger partial charge on any atom is 0.339 e. The van der Waals surface area contributed by atoms with Gasteiger partial charge in [-0.05, 0) is 13.0 Å². The predicted octanol–water partition coefficient (Wildman–Crippen LogP) is -0.0538. The van der Waals surface area contributed by atoms with Crippen molar-refractivity contribution < 1.29 is 9.90 Å². The van der Waals surface area contributed by atoms with Gasteiger partial charge in [-0.15, -0.1) is 5.10 Å². The molecule has 100 valence electrons. The van der Waals surface area contributed by atoms with Crippen LogP contribution in [0.5, 0.6) is 0 Å². The Kier molecular flexibility index (Phi) is 4.51. The van der Waals surface area contributed by atoms with E-state index in [0.717, 1.165) is 19.5 Å². The lowest BCUT2D eigenvalue weighted by Crippen LogP contribution is -2.19. The second-order valence-electron chi connectivity index (χ2n) is 3.88. The summed E-state index contributed by atoms with van der Waals surface area (Å²) >= 11 is 0. The Hall–Kier alpha value is -2.35. The van der Waals surface area contributed by atoms with Crippen LogP contribution in [0.3, 0.4) is 0 Å². The topological polar surface area (TPSA) is 106 Å². The Morgan fingerprint density at radius 3 is 3.11 bits per heavy atom. The van der Waals surface area contributed by atoms with Crippen LogP contribution in [0.25, 0.3) is 0 Å². The minimum absolute atomic E-state index is 0.131. The number of hydrogen-bond donors (Lipinski definition) is 2. The molecule has 2 heterocycles. The first-order chi connectivity index (χ1) is 9.27. The molecule has 0 bridgehead atoms. The Morgan fingerprint density at radius 2 is 2.37 bits per heavy atom. The molecule has 19 heavy (non-hydrogen) atoms. The van der Waals surface area contributed by atoms with Gasteiger partial charge in [0.15, 0.2) is 0 Å². The third-order valence-corrected chi connectivity index (χ3v) is 2.53. The highest BCUT2D eigenvalue weighted by molar-refractivity contribution is 5.88. The van der Waals surface area contributed by atoms with Gasteiger partial charge in [0.05, 0.1) is 11.9 Å². The highest BCUT2D eigenvalue weighted by Crippen LogP contribution is 2.02. The van der Waals surface area contributed by atoms with Crippen LogP contribution in [0.2, 0.25) is 0 Å². The number of rotatable bonds is 7. The third-order valence-electron chi connectivity index (χ3n) is 2.53. The zero-order valence-corrected chi connectivity index (χ0v) is 10.2. The molecule has 0 saturated heterocycles. The van der Waals surface area contributed by atoms with E-state index < -0.39 is 5.97 Å². The summed E-state index contributed by atoms with van der Waals surface area (Å²) in [4.78, 5) is 18.6. The van der Waals surface area contributed by atoms with Crippen LogP contribution in [0, 0.1) is 0 Å². The number of hydrogen-bond acceptors (Lipinski definition) is 6. The summed E-state index contributed by atoms with van der Waals surface area (Å²) in [5.74, 6) is -1.01. The summed E-state index contributed by atoms with van der Waals surface area (Å²) in [7, 11) is 0. The molecule has 0 aromatic carbocycles. The van der Waals surface area contributed by atoms with E-state index in [0.29, 0.717) is 12.2 Å². The fourth-order valence-electron chi connectivity index (χ4n) is 1.60. The molecule has 2 rings (SSSR count). The van der Waals surface area contributed by atoms with Crippen molar-refractivity contribution in [1.82, 2.24) is 30.3 Å². The lowest BCUT2D eigenvalue weighted by Gasteiger charge is -2.06. The van der Waals surface area contributed by atoms with Crippen LogP contribution in [-0.2, 0) is 13.1 Å². The Bertz CT molecular complexity index is 528. The number of aromatic nitrogens is 5. The quantitative estimate of drug-likeness (QED) is 0.673. The average Bonchev–Trinajstić information content (AvgIpc) is 2.92. The van der Waals surface area contributed by atoms with Gasteiger partial charge in [0, 0.05) is 25.5 Å². The maximum atomic E-state index is 10.9. The molecule has 0 saturated carbocycles. The van der Waals surface area contributed by atoms with E-state index in [9.17, 15) is 4.79 Å². The van der Waals surface area contributed by atoms with Crippen LogP contribution in [0.4, 0.5) is 0 Å². The zero-order valence-electron chi connectivity index (χ0n) is 10.2. The standard InChI is InChI=1S/C11H14N6O2/c18-11(19)9-6-13-8-14-10(9)7-12-2-1-4-17-5-3-15-16-17/h3,5-6,8,12H,1-2,4,7H2,(H,18,19). The number of nitrogens with zero attached hydrogens (tertiary/aromatic N) is 5. The lowest BCUT2D eigenvalue weighted by atomic mass is 10.2. The average molecular weight is 262 g/mol. The fraction of sp³-hybridized carbons (Fsp3) is 0.364. The molecule has 0 amide bonds.